The Labute approximate surface area is 115 Å². The van der Waals surface area contributed by atoms with E-state index in [0.717, 1.165) is 22.4 Å². The van der Waals surface area contributed by atoms with Crippen LogP contribution in [0, 0.1) is 6.92 Å². The lowest BCUT2D eigenvalue weighted by atomic mass is 10.1. The summed E-state index contributed by atoms with van der Waals surface area (Å²) < 4.78 is 4.71. The molecule has 0 amide bonds. The Balaban J connectivity index is 2.23. The fraction of sp³-hybridized carbons (Fsp3) is 0.500. The van der Waals surface area contributed by atoms with Crippen LogP contribution in [0.25, 0.3) is 0 Å². The number of imidazole rings is 1. The quantitative estimate of drug-likeness (QED) is 0.939. The molecular weight excluding hydrogens is 296 g/mol. The summed E-state index contributed by atoms with van der Waals surface area (Å²) in [4.78, 5) is 4.17. The first-order valence-corrected chi connectivity index (χ1v) is 6.70. The molecule has 0 spiro atoms. The molecule has 0 radical (unpaired) electrons. The van der Waals surface area contributed by atoms with Gasteiger partial charge in [0.2, 0.25) is 0 Å². The summed E-state index contributed by atoms with van der Waals surface area (Å²) >= 11 is 3.53. The highest BCUT2D eigenvalue weighted by atomic mass is 79.9. The lowest BCUT2D eigenvalue weighted by Crippen LogP contribution is -2.09. The normalized spacial score (nSPS) is 12.9. The van der Waals surface area contributed by atoms with E-state index in [2.05, 4.69) is 26.0 Å². The molecule has 1 unspecified atom stereocenters. The van der Waals surface area contributed by atoms with Gasteiger partial charge < -0.3 is 9.67 Å². The second kappa shape index (κ2) is 5.24. The van der Waals surface area contributed by atoms with Crippen molar-refractivity contribution in [3.05, 3.63) is 34.1 Å². The number of aromatic nitrogens is 4. The molecule has 2 heterocycles. The van der Waals surface area contributed by atoms with Crippen LogP contribution in [0.5, 0.6) is 0 Å². The lowest BCUT2D eigenvalue weighted by molar-refractivity contribution is 0.171. The number of aliphatic hydroxyl groups is 1. The van der Waals surface area contributed by atoms with Gasteiger partial charge in [0.1, 0.15) is 6.10 Å². The molecule has 2 aromatic rings. The first kappa shape index (κ1) is 13.3. The van der Waals surface area contributed by atoms with Gasteiger partial charge in [-0.15, -0.1) is 0 Å². The summed E-state index contributed by atoms with van der Waals surface area (Å²) in [7, 11) is 1.89. The van der Waals surface area contributed by atoms with Gasteiger partial charge in [0.15, 0.2) is 0 Å². The summed E-state index contributed by atoms with van der Waals surface area (Å²) in [5, 5.41) is 14.6. The van der Waals surface area contributed by atoms with E-state index in [0.29, 0.717) is 12.1 Å². The number of rotatable bonds is 4. The largest absolute Gasteiger partial charge is 0.386 e. The molecule has 1 N–H and O–H groups in total. The van der Waals surface area contributed by atoms with Gasteiger partial charge in [-0.25, -0.2) is 4.98 Å². The van der Waals surface area contributed by atoms with Crippen LogP contribution in [0.4, 0.5) is 0 Å². The minimum atomic E-state index is -0.608. The summed E-state index contributed by atoms with van der Waals surface area (Å²) in [5.41, 5.74) is 2.64. The zero-order valence-corrected chi connectivity index (χ0v) is 12.3. The SMILES string of the molecule is CCn1nc(C)c(Br)c1CC(O)c1cn(C)cn1. The van der Waals surface area contributed by atoms with Crippen LogP contribution in [-0.4, -0.2) is 24.4 Å². The van der Waals surface area contributed by atoms with Gasteiger partial charge >= 0.3 is 0 Å². The average Bonchev–Trinajstić information content (AvgIpc) is 2.88. The van der Waals surface area contributed by atoms with Gasteiger partial charge in [0, 0.05) is 26.2 Å². The van der Waals surface area contributed by atoms with Crippen LogP contribution in [0.15, 0.2) is 17.0 Å². The maximum atomic E-state index is 10.2. The Bertz CT molecular complexity index is 546. The molecule has 0 saturated carbocycles. The highest BCUT2D eigenvalue weighted by molar-refractivity contribution is 9.10. The third kappa shape index (κ3) is 2.49. The van der Waals surface area contributed by atoms with Crippen LogP contribution < -0.4 is 0 Å². The van der Waals surface area contributed by atoms with Crippen molar-refractivity contribution in [2.45, 2.75) is 32.9 Å². The molecule has 0 aromatic carbocycles. The zero-order chi connectivity index (χ0) is 13.3. The summed E-state index contributed by atoms with van der Waals surface area (Å²) in [6, 6.07) is 0. The maximum absolute atomic E-state index is 10.2. The first-order valence-electron chi connectivity index (χ1n) is 5.90. The van der Waals surface area contributed by atoms with E-state index in [1.165, 1.54) is 0 Å². The van der Waals surface area contributed by atoms with Crippen molar-refractivity contribution in [3.8, 4) is 0 Å². The fourth-order valence-corrected chi connectivity index (χ4v) is 2.40. The van der Waals surface area contributed by atoms with E-state index in [1.54, 1.807) is 6.33 Å². The Morgan fingerprint density at radius 2 is 2.22 bits per heavy atom. The second-order valence-corrected chi connectivity index (χ2v) is 5.14. The highest BCUT2D eigenvalue weighted by Crippen LogP contribution is 2.25. The molecule has 1 atom stereocenters. The molecule has 6 heteroatoms. The number of nitrogens with zero attached hydrogens (tertiary/aromatic N) is 4. The van der Waals surface area contributed by atoms with E-state index >= 15 is 0 Å². The Morgan fingerprint density at radius 3 is 2.78 bits per heavy atom. The van der Waals surface area contributed by atoms with Crippen LogP contribution in [-0.2, 0) is 20.0 Å². The predicted molar refractivity (Wildman–Crippen MR) is 72.2 cm³/mol. The van der Waals surface area contributed by atoms with Crippen LogP contribution >= 0.6 is 15.9 Å². The number of halogens is 1. The summed E-state index contributed by atoms with van der Waals surface area (Å²) in [6.45, 7) is 4.78. The number of aryl methyl sites for hydroxylation is 3. The van der Waals surface area contributed by atoms with Gasteiger partial charge in [-0.2, -0.15) is 5.10 Å². The Hall–Kier alpha value is -1.14. The number of hydrogen-bond donors (Lipinski definition) is 1. The molecule has 18 heavy (non-hydrogen) atoms. The van der Waals surface area contributed by atoms with Crippen LogP contribution in [0.1, 0.15) is 30.1 Å². The Morgan fingerprint density at radius 1 is 1.50 bits per heavy atom. The summed E-state index contributed by atoms with van der Waals surface area (Å²) in [6.07, 6.45) is 3.42. The standard InChI is InChI=1S/C12H17BrN4O/c1-4-17-10(12(13)8(2)15-17)5-11(18)9-6-16(3)7-14-9/h6-7,11,18H,4-5H2,1-3H3. The monoisotopic (exact) mass is 312 g/mol. The molecule has 0 bridgehead atoms. The maximum Gasteiger partial charge on any atom is 0.103 e. The van der Waals surface area contributed by atoms with Crippen LogP contribution in [0.2, 0.25) is 0 Å². The van der Waals surface area contributed by atoms with Gasteiger partial charge in [-0.3, -0.25) is 4.68 Å². The topological polar surface area (TPSA) is 55.9 Å². The molecule has 0 aliphatic heterocycles. The first-order chi connectivity index (χ1) is 8.52. The second-order valence-electron chi connectivity index (χ2n) is 4.35. The molecule has 2 aromatic heterocycles. The van der Waals surface area contributed by atoms with E-state index in [-0.39, 0.29) is 0 Å². The molecule has 0 saturated heterocycles. The van der Waals surface area contributed by atoms with E-state index < -0.39 is 6.10 Å². The van der Waals surface area contributed by atoms with Gasteiger partial charge in [-0.05, 0) is 29.8 Å². The Kier molecular flexibility index (Phi) is 3.87. The van der Waals surface area contributed by atoms with Crippen LogP contribution in [0.3, 0.4) is 0 Å². The minimum absolute atomic E-state index is 0.506. The molecule has 0 fully saturated rings. The van der Waals surface area contributed by atoms with Gasteiger partial charge in [-0.1, -0.05) is 0 Å². The third-order valence-corrected chi connectivity index (χ3v) is 3.94. The fourth-order valence-electron chi connectivity index (χ4n) is 1.96. The molecule has 2 rings (SSSR count). The predicted octanol–water partition coefficient (Wildman–Crippen LogP) is 1.98. The third-order valence-electron chi connectivity index (χ3n) is 2.91. The number of hydrogen-bond acceptors (Lipinski definition) is 3. The van der Waals surface area contributed by atoms with Gasteiger partial charge in [0.05, 0.1) is 27.9 Å². The van der Waals surface area contributed by atoms with Crippen molar-refractivity contribution >= 4 is 15.9 Å². The van der Waals surface area contributed by atoms with Crippen molar-refractivity contribution in [2.24, 2.45) is 7.05 Å². The van der Waals surface area contributed by atoms with Gasteiger partial charge in [0.25, 0.3) is 0 Å². The summed E-state index contributed by atoms with van der Waals surface area (Å²) in [5.74, 6) is 0. The van der Waals surface area contributed by atoms with Crippen molar-refractivity contribution in [1.82, 2.24) is 19.3 Å². The lowest BCUT2D eigenvalue weighted by Gasteiger charge is -2.10. The highest BCUT2D eigenvalue weighted by Gasteiger charge is 2.18. The molecule has 0 aliphatic carbocycles. The molecular formula is C12H17BrN4O. The van der Waals surface area contributed by atoms with Crippen molar-refractivity contribution in [2.75, 3.05) is 0 Å². The smallest absolute Gasteiger partial charge is 0.103 e. The molecule has 0 aliphatic rings. The van der Waals surface area contributed by atoms with Crippen molar-refractivity contribution in [1.29, 1.82) is 0 Å². The van der Waals surface area contributed by atoms with E-state index in [1.807, 2.05) is 36.3 Å². The average molecular weight is 313 g/mol. The van der Waals surface area contributed by atoms with E-state index in [9.17, 15) is 5.11 Å². The van der Waals surface area contributed by atoms with E-state index in [4.69, 9.17) is 0 Å². The number of aliphatic hydroxyl groups excluding tert-OH is 1. The zero-order valence-electron chi connectivity index (χ0n) is 10.8. The molecule has 98 valence electrons. The van der Waals surface area contributed by atoms with Crippen molar-refractivity contribution < 1.29 is 5.11 Å². The molecule has 5 nitrogen and oxygen atoms in total. The van der Waals surface area contributed by atoms with Crippen molar-refractivity contribution in [3.63, 3.8) is 0 Å². The minimum Gasteiger partial charge on any atom is -0.386 e.